The molecule has 0 heterocycles. The van der Waals surface area contributed by atoms with Gasteiger partial charge in [0.25, 0.3) is 0 Å². The minimum atomic E-state index is -1.01. The molecule has 0 aromatic carbocycles. The molecule has 2 saturated carbocycles. The van der Waals surface area contributed by atoms with Crippen molar-refractivity contribution in [2.45, 2.75) is 84.4 Å². The van der Waals surface area contributed by atoms with Crippen molar-refractivity contribution in [1.29, 1.82) is 0 Å². The van der Waals surface area contributed by atoms with Gasteiger partial charge in [0.1, 0.15) is 0 Å². The maximum absolute atomic E-state index is 10.9. The number of nitrogens with zero attached hydrogens (tertiary/aromatic N) is 2. The van der Waals surface area contributed by atoms with E-state index in [2.05, 4.69) is 36.5 Å². The highest BCUT2D eigenvalue weighted by atomic mass is 16.4. The van der Waals surface area contributed by atoms with E-state index in [4.69, 9.17) is 5.11 Å². The van der Waals surface area contributed by atoms with E-state index in [1.165, 1.54) is 12.8 Å². The van der Waals surface area contributed by atoms with E-state index in [0.717, 1.165) is 6.42 Å². The van der Waals surface area contributed by atoms with E-state index >= 15 is 0 Å². The summed E-state index contributed by atoms with van der Waals surface area (Å²) < 4.78 is 0. The number of aliphatic carboxylic acids is 1. The van der Waals surface area contributed by atoms with Crippen molar-refractivity contribution in [3.8, 4) is 0 Å². The first-order valence-corrected chi connectivity index (χ1v) is 9.17. The average molecular weight is 339 g/mol. The average Bonchev–Trinajstić information content (AvgIpc) is 2.91. The number of hydrogen-bond donors (Lipinski definition) is 3. The molecule has 0 saturated heterocycles. The number of hydrogen-bond acceptors (Lipinski definition) is 4. The Morgan fingerprint density at radius 2 is 2.00 bits per heavy atom. The second-order valence-electron chi connectivity index (χ2n) is 8.82. The number of aliphatic hydroxyl groups excluding tert-OH is 1. The van der Waals surface area contributed by atoms with Gasteiger partial charge in [-0.3, -0.25) is 10.2 Å². The van der Waals surface area contributed by atoms with E-state index in [1.54, 1.807) is 0 Å². The zero-order valence-corrected chi connectivity index (χ0v) is 15.6. The zero-order chi connectivity index (χ0) is 18.1. The number of rotatable bonds is 8. The molecule has 0 spiro atoms. The summed E-state index contributed by atoms with van der Waals surface area (Å²) in [6, 6.07) is -0.480. The van der Waals surface area contributed by atoms with E-state index in [9.17, 15) is 9.90 Å². The Morgan fingerprint density at radius 1 is 1.33 bits per heavy atom. The molecular formula is C18H33N3O3. The van der Waals surface area contributed by atoms with Crippen molar-refractivity contribution in [1.82, 2.24) is 5.43 Å². The topological polar surface area (TPSA) is 94.3 Å². The Hall–Kier alpha value is -1.17. The molecule has 6 heteroatoms. The van der Waals surface area contributed by atoms with Gasteiger partial charge in [-0.1, -0.05) is 46.3 Å². The summed E-state index contributed by atoms with van der Waals surface area (Å²) in [7, 11) is 0. The van der Waals surface area contributed by atoms with Crippen LogP contribution in [0.1, 0.15) is 66.7 Å². The van der Waals surface area contributed by atoms with E-state index in [-0.39, 0.29) is 17.4 Å². The first-order chi connectivity index (χ1) is 11.1. The van der Waals surface area contributed by atoms with Crippen molar-refractivity contribution in [3.63, 3.8) is 0 Å². The van der Waals surface area contributed by atoms with Gasteiger partial charge >= 0.3 is 5.97 Å². The van der Waals surface area contributed by atoms with Crippen molar-refractivity contribution < 1.29 is 15.0 Å². The highest BCUT2D eigenvalue weighted by Crippen LogP contribution is 2.68. The molecule has 2 aliphatic carbocycles. The molecule has 138 valence electrons. The van der Waals surface area contributed by atoms with E-state index in [0.29, 0.717) is 24.2 Å². The fourth-order valence-electron chi connectivity index (χ4n) is 4.62. The lowest BCUT2D eigenvalue weighted by Crippen LogP contribution is -2.37. The number of carbonyl (C=O) groups is 1. The molecule has 0 amide bonds. The van der Waals surface area contributed by atoms with Crippen LogP contribution in [0.4, 0.5) is 0 Å². The van der Waals surface area contributed by atoms with E-state index < -0.39 is 18.1 Å². The lowest BCUT2D eigenvalue weighted by molar-refractivity contribution is -0.139. The third-order valence-electron chi connectivity index (χ3n) is 6.15. The molecule has 5 atom stereocenters. The molecule has 6 nitrogen and oxygen atoms in total. The highest BCUT2D eigenvalue weighted by molar-refractivity contribution is 5.67. The van der Waals surface area contributed by atoms with Gasteiger partial charge in [-0.05, 0) is 42.4 Å². The van der Waals surface area contributed by atoms with E-state index in [1.807, 2.05) is 13.8 Å². The van der Waals surface area contributed by atoms with Gasteiger partial charge in [0.05, 0.1) is 24.1 Å². The lowest BCUT2D eigenvalue weighted by Gasteiger charge is -2.27. The van der Waals surface area contributed by atoms with Gasteiger partial charge in [-0.15, -0.1) is 0 Å². The summed E-state index contributed by atoms with van der Waals surface area (Å²) in [4.78, 5) is 10.9. The SMILES string of the molecule is CC(C)C[C@H](N=NNC12CC(C)CCC1C2(C)C)[C@@H](O)CC(=O)O. The Labute approximate surface area is 145 Å². The predicted molar refractivity (Wildman–Crippen MR) is 92.5 cm³/mol. The quantitative estimate of drug-likeness (QED) is 0.466. The number of fused-ring (bicyclic) bond motifs is 1. The van der Waals surface area contributed by atoms with Gasteiger partial charge in [-0.25, -0.2) is 0 Å². The Kier molecular flexibility index (Phi) is 5.57. The number of aliphatic hydroxyl groups is 1. The molecule has 0 radical (unpaired) electrons. The Balaban J connectivity index is 2.02. The molecule has 0 aromatic rings. The normalized spacial score (nSPS) is 34.0. The van der Waals surface area contributed by atoms with Crippen LogP contribution in [0.25, 0.3) is 0 Å². The fourth-order valence-corrected chi connectivity index (χ4v) is 4.62. The minimum absolute atomic E-state index is 0.00823. The standard InChI is InChI=1S/C18H33N3O3/c1-11(2)8-13(14(22)9-16(23)24)19-21-20-18-10-12(3)6-7-15(18)17(18,4)5/h11-15,22H,6-10H2,1-5H3,(H,19,20)(H,23,24)/t12?,13-,14-,15?,18?/m0/s1. The van der Waals surface area contributed by atoms with Gasteiger partial charge in [0, 0.05) is 0 Å². The third-order valence-corrected chi connectivity index (χ3v) is 6.15. The van der Waals surface area contributed by atoms with Crippen LogP contribution >= 0.6 is 0 Å². The first kappa shape index (κ1) is 19.2. The minimum Gasteiger partial charge on any atom is -0.481 e. The van der Waals surface area contributed by atoms with Crippen LogP contribution < -0.4 is 5.43 Å². The third kappa shape index (κ3) is 3.73. The fraction of sp³-hybridized carbons (Fsp3) is 0.944. The maximum Gasteiger partial charge on any atom is 0.306 e. The molecular weight excluding hydrogens is 306 g/mol. The van der Waals surface area contributed by atoms with Crippen molar-refractivity contribution >= 4 is 5.97 Å². The molecule has 2 rings (SSSR count). The highest BCUT2D eigenvalue weighted by Gasteiger charge is 2.72. The van der Waals surface area contributed by atoms with Gasteiger partial charge in [0.2, 0.25) is 0 Å². The maximum atomic E-state index is 10.9. The summed E-state index contributed by atoms with van der Waals surface area (Å²) in [5.41, 5.74) is 3.52. The van der Waals surface area contributed by atoms with Crippen LogP contribution in [0.2, 0.25) is 0 Å². The summed E-state index contributed by atoms with van der Waals surface area (Å²) in [5.74, 6) is 0.598. The second-order valence-corrected chi connectivity index (χ2v) is 8.82. The van der Waals surface area contributed by atoms with Crippen LogP contribution in [-0.4, -0.2) is 33.9 Å². The summed E-state index contributed by atoms with van der Waals surface area (Å²) in [6.07, 6.45) is 2.90. The molecule has 3 N–H and O–H groups in total. The number of carboxylic acids is 1. The molecule has 24 heavy (non-hydrogen) atoms. The number of carboxylic acid groups (broad SMARTS) is 1. The molecule has 0 aromatic heterocycles. The molecule has 2 aliphatic rings. The molecule has 3 unspecified atom stereocenters. The summed E-state index contributed by atoms with van der Waals surface area (Å²) in [6.45, 7) is 10.9. The molecule has 2 fully saturated rings. The van der Waals surface area contributed by atoms with Gasteiger partial charge < -0.3 is 10.2 Å². The predicted octanol–water partition coefficient (Wildman–Crippen LogP) is 3.41. The molecule has 0 bridgehead atoms. The van der Waals surface area contributed by atoms with Crippen LogP contribution in [0.5, 0.6) is 0 Å². The van der Waals surface area contributed by atoms with Crippen molar-refractivity contribution in [2.24, 2.45) is 33.5 Å². The lowest BCUT2D eigenvalue weighted by atomic mass is 9.87. The first-order valence-electron chi connectivity index (χ1n) is 9.17. The Bertz CT molecular complexity index is 492. The van der Waals surface area contributed by atoms with Crippen LogP contribution in [-0.2, 0) is 4.79 Å². The van der Waals surface area contributed by atoms with Gasteiger partial charge in [-0.2, -0.15) is 5.11 Å². The van der Waals surface area contributed by atoms with Gasteiger partial charge in [0.15, 0.2) is 0 Å². The molecule has 0 aliphatic heterocycles. The second kappa shape index (κ2) is 6.98. The smallest absolute Gasteiger partial charge is 0.306 e. The largest absolute Gasteiger partial charge is 0.481 e. The zero-order valence-electron chi connectivity index (χ0n) is 15.6. The van der Waals surface area contributed by atoms with Crippen LogP contribution in [0.3, 0.4) is 0 Å². The van der Waals surface area contributed by atoms with Crippen molar-refractivity contribution in [3.05, 3.63) is 0 Å². The van der Waals surface area contributed by atoms with Crippen molar-refractivity contribution in [2.75, 3.05) is 0 Å². The van der Waals surface area contributed by atoms with Crippen LogP contribution in [0, 0.1) is 23.2 Å². The van der Waals surface area contributed by atoms with Crippen LogP contribution in [0.15, 0.2) is 10.3 Å². The monoisotopic (exact) mass is 339 g/mol. The summed E-state index contributed by atoms with van der Waals surface area (Å²) >= 11 is 0. The summed E-state index contributed by atoms with van der Waals surface area (Å²) in [5, 5.41) is 27.5. The number of nitrogens with one attached hydrogen (secondary N) is 1. The Morgan fingerprint density at radius 3 is 2.58 bits per heavy atom.